The van der Waals surface area contributed by atoms with Gasteiger partial charge in [0.2, 0.25) is 5.76 Å². The Balaban J connectivity index is 2.47. The lowest BCUT2D eigenvalue weighted by Crippen LogP contribution is -1.97. The van der Waals surface area contributed by atoms with E-state index in [1.807, 2.05) is 6.92 Å². The molecule has 5 nitrogen and oxygen atoms in total. The summed E-state index contributed by atoms with van der Waals surface area (Å²) in [7, 11) is 0. The number of carboxylic acid groups (broad SMARTS) is 1. The molecule has 18 heavy (non-hydrogen) atoms. The van der Waals surface area contributed by atoms with Crippen LogP contribution in [0.25, 0.3) is 11.3 Å². The number of ether oxygens (including phenoxy) is 1. The van der Waals surface area contributed by atoms with Crippen LogP contribution in [0.2, 0.25) is 0 Å². The van der Waals surface area contributed by atoms with Gasteiger partial charge in [0.15, 0.2) is 5.89 Å². The van der Waals surface area contributed by atoms with Crippen LogP contribution in [-0.2, 0) is 0 Å². The number of aryl methyl sites for hydroxylation is 1. The fourth-order valence-electron chi connectivity index (χ4n) is 1.67. The van der Waals surface area contributed by atoms with E-state index in [0.717, 1.165) is 0 Å². The molecule has 2 rings (SSSR count). The molecule has 0 aliphatic heterocycles. The summed E-state index contributed by atoms with van der Waals surface area (Å²) in [5.41, 5.74) is 0.983. The zero-order valence-electron chi connectivity index (χ0n) is 10.1. The second-order valence-corrected chi connectivity index (χ2v) is 3.68. The summed E-state index contributed by atoms with van der Waals surface area (Å²) in [4.78, 5) is 15.2. The van der Waals surface area contributed by atoms with Crippen molar-refractivity contribution >= 4 is 5.97 Å². The average Bonchev–Trinajstić information content (AvgIpc) is 2.72. The molecule has 0 saturated heterocycles. The Hall–Kier alpha value is -2.30. The standard InChI is InChI=1S/C13H13NO4/c1-3-17-10-6-4-5-9(7-10)11-12(13(15)16)18-8(2)14-11/h4-7H,3H2,1-2H3,(H,15,16). The third kappa shape index (κ3) is 2.34. The highest BCUT2D eigenvalue weighted by atomic mass is 16.5. The Morgan fingerprint density at radius 1 is 1.50 bits per heavy atom. The predicted octanol–water partition coefficient (Wildman–Crippen LogP) is 2.75. The molecule has 5 heteroatoms. The first-order valence-electron chi connectivity index (χ1n) is 5.55. The number of carboxylic acids is 1. The molecule has 1 N–H and O–H groups in total. The molecule has 0 unspecified atom stereocenters. The van der Waals surface area contributed by atoms with Crippen molar-refractivity contribution in [3.8, 4) is 17.0 Å². The fourth-order valence-corrected chi connectivity index (χ4v) is 1.67. The van der Waals surface area contributed by atoms with E-state index < -0.39 is 5.97 Å². The van der Waals surface area contributed by atoms with Crippen LogP contribution in [-0.4, -0.2) is 22.7 Å². The Labute approximate surface area is 104 Å². The van der Waals surface area contributed by atoms with Crippen molar-refractivity contribution in [1.82, 2.24) is 4.98 Å². The summed E-state index contributed by atoms with van der Waals surface area (Å²) in [5.74, 6) is -0.287. The first-order valence-corrected chi connectivity index (χ1v) is 5.55. The Kier molecular flexibility index (Phi) is 3.32. The van der Waals surface area contributed by atoms with E-state index in [9.17, 15) is 4.79 Å². The monoisotopic (exact) mass is 247 g/mol. The van der Waals surface area contributed by atoms with Crippen LogP contribution in [0.3, 0.4) is 0 Å². The SMILES string of the molecule is CCOc1cccc(-c2nc(C)oc2C(=O)O)c1. The number of nitrogens with zero attached hydrogens (tertiary/aromatic N) is 1. The van der Waals surface area contributed by atoms with E-state index in [2.05, 4.69) is 4.98 Å². The normalized spacial score (nSPS) is 10.3. The van der Waals surface area contributed by atoms with Crippen LogP contribution in [0.5, 0.6) is 5.75 Å². The number of benzene rings is 1. The highest BCUT2D eigenvalue weighted by Crippen LogP contribution is 2.27. The van der Waals surface area contributed by atoms with Gasteiger partial charge in [0.1, 0.15) is 11.4 Å². The van der Waals surface area contributed by atoms with Gasteiger partial charge in [-0.05, 0) is 19.1 Å². The molecule has 2 aromatic rings. The van der Waals surface area contributed by atoms with Crippen molar-refractivity contribution in [1.29, 1.82) is 0 Å². The summed E-state index contributed by atoms with van der Waals surface area (Å²) in [5, 5.41) is 9.05. The summed E-state index contributed by atoms with van der Waals surface area (Å²) in [6, 6.07) is 7.11. The fraction of sp³-hybridized carbons (Fsp3) is 0.231. The van der Waals surface area contributed by atoms with Crippen molar-refractivity contribution in [2.24, 2.45) is 0 Å². The lowest BCUT2D eigenvalue weighted by atomic mass is 10.1. The number of hydrogen-bond donors (Lipinski definition) is 1. The highest BCUT2D eigenvalue weighted by Gasteiger charge is 2.19. The van der Waals surface area contributed by atoms with Crippen LogP contribution in [0, 0.1) is 6.92 Å². The molecule has 0 spiro atoms. The van der Waals surface area contributed by atoms with E-state index in [4.69, 9.17) is 14.3 Å². The van der Waals surface area contributed by atoms with Gasteiger partial charge in [0, 0.05) is 12.5 Å². The van der Waals surface area contributed by atoms with Gasteiger partial charge < -0.3 is 14.3 Å². The zero-order valence-corrected chi connectivity index (χ0v) is 10.1. The minimum absolute atomic E-state index is 0.152. The van der Waals surface area contributed by atoms with Crippen LogP contribution < -0.4 is 4.74 Å². The number of oxazole rings is 1. The van der Waals surface area contributed by atoms with Crippen molar-refractivity contribution in [2.75, 3.05) is 6.61 Å². The van der Waals surface area contributed by atoms with Gasteiger partial charge >= 0.3 is 5.97 Å². The summed E-state index contributed by atoms with van der Waals surface area (Å²) in [6.45, 7) is 4.05. The molecule has 0 aliphatic rings. The third-order valence-electron chi connectivity index (χ3n) is 2.35. The molecule has 1 aromatic carbocycles. The van der Waals surface area contributed by atoms with Crippen molar-refractivity contribution in [3.05, 3.63) is 35.9 Å². The highest BCUT2D eigenvalue weighted by molar-refractivity contribution is 5.91. The smallest absolute Gasteiger partial charge is 0.374 e. The Morgan fingerprint density at radius 3 is 2.94 bits per heavy atom. The average molecular weight is 247 g/mol. The maximum atomic E-state index is 11.1. The van der Waals surface area contributed by atoms with Crippen LogP contribution >= 0.6 is 0 Å². The number of rotatable bonds is 4. The number of hydrogen-bond acceptors (Lipinski definition) is 4. The second kappa shape index (κ2) is 4.91. The van der Waals surface area contributed by atoms with Gasteiger partial charge in [-0.15, -0.1) is 0 Å². The molecule has 0 saturated carbocycles. The Morgan fingerprint density at radius 2 is 2.28 bits per heavy atom. The van der Waals surface area contributed by atoms with E-state index in [-0.39, 0.29) is 5.76 Å². The van der Waals surface area contributed by atoms with E-state index in [1.165, 1.54) is 0 Å². The van der Waals surface area contributed by atoms with Crippen LogP contribution in [0.4, 0.5) is 0 Å². The molecule has 1 heterocycles. The quantitative estimate of drug-likeness (QED) is 0.899. The van der Waals surface area contributed by atoms with Gasteiger partial charge in [0.25, 0.3) is 0 Å². The summed E-state index contributed by atoms with van der Waals surface area (Å²) >= 11 is 0. The minimum Gasteiger partial charge on any atom is -0.494 e. The van der Waals surface area contributed by atoms with Crippen molar-refractivity contribution in [2.45, 2.75) is 13.8 Å². The molecule has 0 bridgehead atoms. The second-order valence-electron chi connectivity index (χ2n) is 3.68. The summed E-state index contributed by atoms with van der Waals surface area (Å²) < 4.78 is 10.4. The minimum atomic E-state index is -1.13. The largest absolute Gasteiger partial charge is 0.494 e. The van der Waals surface area contributed by atoms with E-state index in [0.29, 0.717) is 29.5 Å². The van der Waals surface area contributed by atoms with Crippen molar-refractivity contribution in [3.63, 3.8) is 0 Å². The molecule has 0 atom stereocenters. The molecular weight excluding hydrogens is 234 g/mol. The van der Waals surface area contributed by atoms with Gasteiger partial charge in [-0.1, -0.05) is 12.1 Å². The molecule has 0 aliphatic carbocycles. The lowest BCUT2D eigenvalue weighted by Gasteiger charge is -2.04. The Bertz CT molecular complexity index is 574. The molecule has 0 amide bonds. The maximum absolute atomic E-state index is 11.1. The van der Waals surface area contributed by atoms with Gasteiger partial charge in [-0.3, -0.25) is 0 Å². The zero-order chi connectivity index (χ0) is 13.1. The first kappa shape index (κ1) is 12.2. The van der Waals surface area contributed by atoms with Crippen LogP contribution in [0.1, 0.15) is 23.4 Å². The first-order chi connectivity index (χ1) is 8.61. The third-order valence-corrected chi connectivity index (χ3v) is 2.35. The van der Waals surface area contributed by atoms with Crippen LogP contribution in [0.15, 0.2) is 28.7 Å². The van der Waals surface area contributed by atoms with Gasteiger partial charge in [-0.2, -0.15) is 0 Å². The number of carbonyl (C=O) groups is 1. The van der Waals surface area contributed by atoms with Gasteiger partial charge in [0.05, 0.1) is 6.61 Å². The predicted molar refractivity (Wildman–Crippen MR) is 64.8 cm³/mol. The molecule has 0 radical (unpaired) electrons. The number of aromatic carboxylic acids is 1. The van der Waals surface area contributed by atoms with Gasteiger partial charge in [-0.25, -0.2) is 9.78 Å². The molecule has 0 fully saturated rings. The topological polar surface area (TPSA) is 72.6 Å². The molecular formula is C13H13NO4. The summed E-state index contributed by atoms with van der Waals surface area (Å²) in [6.07, 6.45) is 0. The maximum Gasteiger partial charge on any atom is 0.374 e. The van der Waals surface area contributed by atoms with E-state index in [1.54, 1.807) is 31.2 Å². The van der Waals surface area contributed by atoms with Crippen molar-refractivity contribution < 1.29 is 19.1 Å². The molecule has 1 aromatic heterocycles. The lowest BCUT2D eigenvalue weighted by molar-refractivity contribution is 0.0662. The molecule has 94 valence electrons. The number of aromatic nitrogens is 1. The van der Waals surface area contributed by atoms with E-state index >= 15 is 0 Å².